The number of anilines is 2. The fraction of sp³-hybridized carbons (Fsp3) is 0.258. The van der Waals surface area contributed by atoms with E-state index in [0.717, 1.165) is 60.1 Å². The highest BCUT2D eigenvalue weighted by molar-refractivity contribution is 7.93. The van der Waals surface area contributed by atoms with Crippen molar-refractivity contribution >= 4 is 54.7 Å². The van der Waals surface area contributed by atoms with E-state index in [4.69, 9.17) is 10.3 Å². The fourth-order valence-electron chi connectivity index (χ4n) is 5.50. The van der Waals surface area contributed by atoms with Gasteiger partial charge in [-0.2, -0.15) is 5.10 Å². The normalized spacial score (nSPS) is 14.6. The van der Waals surface area contributed by atoms with Crippen LogP contribution in [0.3, 0.4) is 0 Å². The Morgan fingerprint density at radius 3 is 2.51 bits per heavy atom. The van der Waals surface area contributed by atoms with Crippen molar-refractivity contribution in [1.29, 1.82) is 0 Å². The number of aromatic nitrogens is 4. The third-order valence-corrected chi connectivity index (χ3v) is 11.0. The van der Waals surface area contributed by atoms with Gasteiger partial charge in [0.1, 0.15) is 10.3 Å². The number of hydrogen-bond acceptors (Lipinski definition) is 10. The first-order valence-corrected chi connectivity index (χ1v) is 16.8. The van der Waals surface area contributed by atoms with Crippen LogP contribution in [-0.4, -0.2) is 51.2 Å². The smallest absolute Gasteiger partial charge is 0.251 e. The van der Waals surface area contributed by atoms with Gasteiger partial charge in [0.25, 0.3) is 5.91 Å². The minimum absolute atomic E-state index is 0.0105. The third kappa shape index (κ3) is 6.30. The number of rotatable bonds is 9. The van der Waals surface area contributed by atoms with Crippen LogP contribution in [0.1, 0.15) is 61.0 Å². The van der Waals surface area contributed by atoms with Crippen molar-refractivity contribution in [3.63, 3.8) is 0 Å². The Labute approximate surface area is 263 Å². The largest absolute Gasteiger partial charge is 0.341 e. The number of sulfone groups is 1. The number of thiazole rings is 1. The molecule has 1 aliphatic carbocycles. The summed E-state index contributed by atoms with van der Waals surface area (Å²) in [5.41, 5.74) is 4.41. The summed E-state index contributed by atoms with van der Waals surface area (Å²) in [5, 5.41) is 20.1. The first-order chi connectivity index (χ1) is 21.7. The van der Waals surface area contributed by atoms with Crippen LogP contribution < -0.4 is 16.1 Å². The van der Waals surface area contributed by atoms with Crippen molar-refractivity contribution < 1.29 is 23.2 Å². The zero-order valence-electron chi connectivity index (χ0n) is 24.3. The number of hydrogen-bond donors (Lipinski definition) is 4. The molecular formula is C31H31N7O5S2. The van der Waals surface area contributed by atoms with Crippen LogP contribution in [-0.2, 0) is 14.6 Å². The van der Waals surface area contributed by atoms with Gasteiger partial charge in [-0.15, -0.1) is 0 Å². The van der Waals surface area contributed by atoms with Crippen molar-refractivity contribution in [2.24, 2.45) is 0 Å². The predicted molar refractivity (Wildman–Crippen MR) is 170 cm³/mol. The molecule has 12 nitrogen and oxygen atoms in total. The Morgan fingerprint density at radius 2 is 1.80 bits per heavy atom. The minimum atomic E-state index is -3.88. The standard InChI is InChI=1S/C31H31N7O5S2/c1-19(29(39)35-31-33-18-27(44-31)45(42,43)23-13-11-22(37-41)12-14-23)34-30(40)21-10-15-24-25(17-21)36-38(26-9-5-6-16-32-26)28(24)20-7-3-2-4-8-20/h5-6,9-20,37,41H,2-4,7-8H2,1H3,(H,34,40)(H,33,35,39)/t19-/m1/s1. The second kappa shape index (κ2) is 12.8. The first kappa shape index (κ1) is 30.4. The minimum Gasteiger partial charge on any atom is -0.341 e. The van der Waals surface area contributed by atoms with Crippen LogP contribution >= 0.6 is 11.3 Å². The van der Waals surface area contributed by atoms with E-state index in [1.165, 1.54) is 37.6 Å². The first-order valence-electron chi connectivity index (χ1n) is 14.5. The summed E-state index contributed by atoms with van der Waals surface area (Å²) in [4.78, 5) is 34.7. The van der Waals surface area contributed by atoms with Crippen LogP contribution in [0.25, 0.3) is 16.7 Å². The maximum Gasteiger partial charge on any atom is 0.251 e. The fourth-order valence-corrected chi connectivity index (χ4v) is 7.93. The molecule has 1 aliphatic rings. The Balaban J connectivity index is 1.16. The van der Waals surface area contributed by atoms with E-state index in [1.54, 1.807) is 18.3 Å². The quantitative estimate of drug-likeness (QED) is 0.155. The van der Waals surface area contributed by atoms with Gasteiger partial charge in [-0.3, -0.25) is 20.3 Å². The summed E-state index contributed by atoms with van der Waals surface area (Å²) in [6.07, 6.45) is 8.60. The molecule has 232 valence electrons. The van der Waals surface area contributed by atoms with E-state index >= 15 is 0 Å². The van der Waals surface area contributed by atoms with E-state index in [-0.39, 0.29) is 14.2 Å². The number of nitrogens with zero attached hydrogens (tertiary/aromatic N) is 4. The van der Waals surface area contributed by atoms with Crippen molar-refractivity contribution in [3.8, 4) is 5.82 Å². The molecule has 3 heterocycles. The van der Waals surface area contributed by atoms with Crippen molar-refractivity contribution in [2.75, 3.05) is 10.8 Å². The molecule has 3 aromatic heterocycles. The molecule has 0 aliphatic heterocycles. The van der Waals surface area contributed by atoms with Crippen molar-refractivity contribution in [2.45, 2.75) is 60.1 Å². The molecule has 0 radical (unpaired) electrons. The molecule has 2 aromatic carbocycles. The molecule has 14 heteroatoms. The summed E-state index contributed by atoms with van der Waals surface area (Å²) in [5.74, 6) is 0.0646. The summed E-state index contributed by atoms with van der Waals surface area (Å²) in [6.45, 7) is 1.53. The predicted octanol–water partition coefficient (Wildman–Crippen LogP) is 5.32. The van der Waals surface area contributed by atoms with Crippen LogP contribution in [0, 0.1) is 0 Å². The highest BCUT2D eigenvalue weighted by Crippen LogP contribution is 2.38. The van der Waals surface area contributed by atoms with Gasteiger partial charge in [-0.1, -0.05) is 42.7 Å². The zero-order valence-corrected chi connectivity index (χ0v) is 25.9. The second-order valence-electron chi connectivity index (χ2n) is 10.9. The molecule has 0 spiro atoms. The van der Waals surface area contributed by atoms with Gasteiger partial charge in [0.2, 0.25) is 15.7 Å². The molecule has 6 rings (SSSR count). The van der Waals surface area contributed by atoms with Crippen LogP contribution in [0.2, 0.25) is 0 Å². The number of benzene rings is 2. The number of fused-ring (bicyclic) bond motifs is 1. The van der Waals surface area contributed by atoms with Gasteiger partial charge < -0.3 is 10.6 Å². The van der Waals surface area contributed by atoms with E-state index in [0.29, 0.717) is 22.7 Å². The molecule has 1 saturated carbocycles. The molecule has 0 unspecified atom stereocenters. The van der Waals surface area contributed by atoms with E-state index in [1.807, 2.05) is 34.4 Å². The SMILES string of the molecule is C[C@@H](NC(=O)c1ccc2c(C3CCCCC3)n(-c3ccccn3)nc2c1)C(=O)Nc1ncc(S(=O)(=O)c2ccc(NO)cc2)s1. The van der Waals surface area contributed by atoms with Gasteiger partial charge in [-0.05, 0) is 68.3 Å². The van der Waals surface area contributed by atoms with Gasteiger partial charge >= 0.3 is 0 Å². The van der Waals surface area contributed by atoms with Gasteiger partial charge in [0, 0.05) is 23.1 Å². The second-order valence-corrected chi connectivity index (χ2v) is 14.1. The maximum absolute atomic E-state index is 13.2. The molecule has 4 N–H and O–H groups in total. The third-order valence-electron chi connectivity index (χ3n) is 7.84. The number of pyridine rings is 1. The molecule has 2 amide bonds. The average molecular weight is 646 g/mol. The topological polar surface area (TPSA) is 168 Å². The van der Waals surface area contributed by atoms with E-state index in [2.05, 4.69) is 20.6 Å². The van der Waals surface area contributed by atoms with Crippen LogP contribution in [0.5, 0.6) is 0 Å². The van der Waals surface area contributed by atoms with Gasteiger partial charge in [-0.25, -0.2) is 23.1 Å². The van der Waals surface area contributed by atoms with Crippen molar-refractivity contribution in [1.82, 2.24) is 25.1 Å². The molecule has 5 aromatic rings. The molecule has 1 atom stereocenters. The number of carbonyl (C=O) groups is 2. The number of amides is 2. The number of nitrogens with one attached hydrogen (secondary N) is 3. The Hall–Kier alpha value is -4.66. The van der Waals surface area contributed by atoms with Crippen LogP contribution in [0.15, 0.2) is 82.2 Å². The number of carbonyl (C=O) groups excluding carboxylic acids is 2. The highest BCUT2D eigenvalue weighted by Gasteiger charge is 2.26. The maximum atomic E-state index is 13.2. The summed E-state index contributed by atoms with van der Waals surface area (Å²) >= 11 is 0.796. The summed E-state index contributed by atoms with van der Waals surface area (Å²) < 4.78 is 27.8. The lowest BCUT2D eigenvalue weighted by molar-refractivity contribution is -0.117. The Bertz CT molecular complexity index is 1950. The Morgan fingerprint density at radius 1 is 1.02 bits per heavy atom. The summed E-state index contributed by atoms with van der Waals surface area (Å²) in [6, 6.07) is 15.7. The molecule has 0 saturated heterocycles. The summed E-state index contributed by atoms with van der Waals surface area (Å²) in [7, 11) is -3.88. The Kier molecular flexibility index (Phi) is 8.61. The van der Waals surface area contributed by atoms with Gasteiger partial charge in [0.05, 0.1) is 28.0 Å². The molecule has 0 bridgehead atoms. The molecule has 1 fully saturated rings. The lowest BCUT2D eigenvalue weighted by Crippen LogP contribution is -2.41. The molecule has 45 heavy (non-hydrogen) atoms. The molecular weight excluding hydrogens is 615 g/mol. The zero-order chi connectivity index (χ0) is 31.6. The van der Waals surface area contributed by atoms with E-state index in [9.17, 15) is 18.0 Å². The monoisotopic (exact) mass is 645 g/mol. The van der Waals surface area contributed by atoms with Gasteiger partial charge in [0.15, 0.2) is 10.9 Å². The van der Waals surface area contributed by atoms with Crippen LogP contribution in [0.4, 0.5) is 10.8 Å². The lowest BCUT2D eigenvalue weighted by Gasteiger charge is -2.22. The highest BCUT2D eigenvalue weighted by atomic mass is 32.2. The lowest BCUT2D eigenvalue weighted by atomic mass is 9.85. The average Bonchev–Trinajstić information content (AvgIpc) is 3.70. The van der Waals surface area contributed by atoms with Crippen molar-refractivity contribution in [3.05, 3.63) is 84.3 Å². The van der Waals surface area contributed by atoms with E-state index < -0.39 is 27.7 Å².